The van der Waals surface area contributed by atoms with Gasteiger partial charge in [0, 0.05) is 19.7 Å². The van der Waals surface area contributed by atoms with Gasteiger partial charge in [-0.25, -0.2) is 4.39 Å². The highest BCUT2D eigenvalue weighted by Gasteiger charge is 2.19. The number of anilines is 2. The maximum Gasteiger partial charge on any atom is 0.125 e. The fourth-order valence-corrected chi connectivity index (χ4v) is 2.25. The largest absolute Gasteiger partial charge is 0.397 e. The number of hydrogen-bond acceptors (Lipinski definition) is 3. The van der Waals surface area contributed by atoms with Crippen LogP contribution < -0.4 is 10.6 Å². The smallest absolute Gasteiger partial charge is 0.125 e. The van der Waals surface area contributed by atoms with Gasteiger partial charge in [-0.3, -0.25) is 0 Å². The summed E-state index contributed by atoms with van der Waals surface area (Å²) in [5, 5.41) is 0. The van der Waals surface area contributed by atoms with Crippen LogP contribution in [0, 0.1) is 5.82 Å². The Morgan fingerprint density at radius 3 is 2.94 bits per heavy atom. The van der Waals surface area contributed by atoms with E-state index >= 15 is 0 Å². The summed E-state index contributed by atoms with van der Waals surface area (Å²) in [5.74, 6) is -0.292. The van der Waals surface area contributed by atoms with Gasteiger partial charge in [0.05, 0.1) is 17.5 Å². The average molecular weight is 238 g/mol. The number of hydrogen-bond donors (Lipinski definition) is 1. The third-order valence-electron chi connectivity index (χ3n) is 3.16. The van der Waals surface area contributed by atoms with Crippen LogP contribution in [0.2, 0.25) is 0 Å². The second-order valence-corrected chi connectivity index (χ2v) is 4.38. The van der Waals surface area contributed by atoms with Crippen LogP contribution in [-0.2, 0) is 4.74 Å². The topological polar surface area (TPSA) is 38.5 Å². The molecule has 3 nitrogen and oxygen atoms in total. The summed E-state index contributed by atoms with van der Waals surface area (Å²) in [4.78, 5) is 2.14. The van der Waals surface area contributed by atoms with Crippen molar-refractivity contribution in [3.63, 3.8) is 0 Å². The van der Waals surface area contributed by atoms with E-state index < -0.39 is 0 Å². The molecule has 1 heterocycles. The summed E-state index contributed by atoms with van der Waals surface area (Å²) in [6.07, 6.45) is 2.50. The minimum absolute atomic E-state index is 0.277. The molecule has 4 heteroatoms. The highest BCUT2D eigenvalue weighted by molar-refractivity contribution is 5.67. The van der Waals surface area contributed by atoms with Crippen molar-refractivity contribution < 1.29 is 9.13 Å². The molecule has 0 bridgehead atoms. The van der Waals surface area contributed by atoms with Gasteiger partial charge in [-0.15, -0.1) is 0 Å². The van der Waals surface area contributed by atoms with E-state index in [-0.39, 0.29) is 11.9 Å². The fraction of sp³-hybridized carbons (Fsp3) is 0.538. The lowest BCUT2D eigenvalue weighted by molar-refractivity contribution is 0.116. The number of ether oxygens (including phenoxy) is 1. The Bertz CT molecular complexity index is 378. The lowest BCUT2D eigenvalue weighted by Gasteiger charge is -2.27. The monoisotopic (exact) mass is 238 g/mol. The van der Waals surface area contributed by atoms with Gasteiger partial charge >= 0.3 is 0 Å². The van der Waals surface area contributed by atoms with Gasteiger partial charge in [-0.2, -0.15) is 0 Å². The molecule has 1 aromatic rings. The molecule has 1 saturated heterocycles. The van der Waals surface area contributed by atoms with Gasteiger partial charge < -0.3 is 15.4 Å². The van der Waals surface area contributed by atoms with E-state index in [0.717, 1.165) is 38.2 Å². The Morgan fingerprint density at radius 1 is 1.53 bits per heavy atom. The SMILES string of the molecule is CCN(CC1CCCO1)c1ccc(F)cc1N. The van der Waals surface area contributed by atoms with E-state index in [2.05, 4.69) is 11.8 Å². The minimum Gasteiger partial charge on any atom is -0.397 e. The van der Waals surface area contributed by atoms with Crippen molar-refractivity contribution in [1.82, 2.24) is 0 Å². The van der Waals surface area contributed by atoms with Crippen LogP contribution in [0.4, 0.5) is 15.8 Å². The Labute approximate surface area is 101 Å². The predicted molar refractivity (Wildman–Crippen MR) is 67.7 cm³/mol. The molecule has 1 atom stereocenters. The standard InChI is InChI=1S/C13H19FN2O/c1-2-16(9-11-4-3-7-17-11)13-6-5-10(14)8-12(13)15/h5-6,8,11H,2-4,7,9,15H2,1H3. The molecule has 0 amide bonds. The second kappa shape index (κ2) is 5.36. The molecule has 0 aliphatic carbocycles. The molecule has 1 aromatic carbocycles. The molecule has 1 fully saturated rings. The van der Waals surface area contributed by atoms with Crippen molar-refractivity contribution in [1.29, 1.82) is 0 Å². The van der Waals surface area contributed by atoms with Crippen LogP contribution in [0.3, 0.4) is 0 Å². The van der Waals surface area contributed by atoms with E-state index in [1.807, 2.05) is 0 Å². The van der Waals surface area contributed by atoms with Gasteiger partial charge in [-0.05, 0) is 38.0 Å². The molecular weight excluding hydrogens is 219 g/mol. The van der Waals surface area contributed by atoms with E-state index in [9.17, 15) is 4.39 Å². The quantitative estimate of drug-likeness (QED) is 0.819. The summed E-state index contributed by atoms with van der Waals surface area (Å²) < 4.78 is 18.6. The Balaban J connectivity index is 2.10. The van der Waals surface area contributed by atoms with Gasteiger partial charge in [0.25, 0.3) is 0 Å². The molecule has 0 saturated carbocycles. The van der Waals surface area contributed by atoms with Crippen LogP contribution >= 0.6 is 0 Å². The number of nitrogens with two attached hydrogens (primary N) is 1. The molecule has 1 aliphatic heterocycles. The van der Waals surface area contributed by atoms with Crippen molar-refractivity contribution >= 4 is 11.4 Å². The molecule has 94 valence electrons. The Hall–Kier alpha value is -1.29. The first-order valence-corrected chi connectivity index (χ1v) is 6.12. The lowest BCUT2D eigenvalue weighted by Crippen LogP contribution is -2.32. The average Bonchev–Trinajstić information content (AvgIpc) is 2.79. The molecule has 1 unspecified atom stereocenters. The molecule has 2 rings (SSSR count). The number of rotatable bonds is 4. The van der Waals surface area contributed by atoms with Crippen molar-refractivity contribution in [2.24, 2.45) is 0 Å². The lowest BCUT2D eigenvalue weighted by atomic mass is 10.2. The maximum absolute atomic E-state index is 13.0. The van der Waals surface area contributed by atoms with E-state index in [0.29, 0.717) is 5.69 Å². The second-order valence-electron chi connectivity index (χ2n) is 4.38. The van der Waals surface area contributed by atoms with Crippen molar-refractivity contribution in [2.45, 2.75) is 25.9 Å². The van der Waals surface area contributed by atoms with E-state index in [1.54, 1.807) is 6.07 Å². The number of halogens is 1. The van der Waals surface area contributed by atoms with Gasteiger partial charge in [0.15, 0.2) is 0 Å². The molecular formula is C13H19FN2O. The van der Waals surface area contributed by atoms with Crippen LogP contribution in [0.5, 0.6) is 0 Å². The molecule has 1 aliphatic rings. The van der Waals surface area contributed by atoms with E-state index in [1.165, 1.54) is 12.1 Å². The third kappa shape index (κ3) is 2.88. The van der Waals surface area contributed by atoms with Gasteiger partial charge in [0.2, 0.25) is 0 Å². The highest BCUT2D eigenvalue weighted by atomic mass is 19.1. The Morgan fingerprint density at radius 2 is 2.35 bits per heavy atom. The fourth-order valence-electron chi connectivity index (χ4n) is 2.25. The highest BCUT2D eigenvalue weighted by Crippen LogP contribution is 2.25. The number of benzene rings is 1. The maximum atomic E-state index is 13.0. The molecule has 0 radical (unpaired) electrons. The first-order chi connectivity index (χ1) is 8.20. The zero-order valence-corrected chi connectivity index (χ0v) is 10.2. The number of likely N-dealkylation sites (N-methyl/N-ethyl adjacent to an activating group) is 1. The Kier molecular flexibility index (Phi) is 3.84. The third-order valence-corrected chi connectivity index (χ3v) is 3.16. The van der Waals surface area contributed by atoms with Crippen molar-refractivity contribution in [3.8, 4) is 0 Å². The summed E-state index contributed by atoms with van der Waals surface area (Å²) in [6, 6.07) is 4.56. The minimum atomic E-state index is -0.292. The van der Waals surface area contributed by atoms with Crippen LogP contribution in [0.25, 0.3) is 0 Å². The molecule has 0 aromatic heterocycles. The predicted octanol–water partition coefficient (Wildman–Crippen LogP) is 2.41. The van der Waals surface area contributed by atoms with Crippen LogP contribution in [0.15, 0.2) is 18.2 Å². The summed E-state index contributed by atoms with van der Waals surface area (Å²) in [6.45, 7) is 4.58. The van der Waals surface area contributed by atoms with Crippen LogP contribution in [-0.4, -0.2) is 25.8 Å². The number of nitrogens with zero attached hydrogens (tertiary/aromatic N) is 1. The normalized spacial score (nSPS) is 19.5. The summed E-state index contributed by atoms with van der Waals surface area (Å²) in [5.41, 5.74) is 7.23. The van der Waals surface area contributed by atoms with Gasteiger partial charge in [0.1, 0.15) is 5.82 Å². The van der Waals surface area contributed by atoms with Crippen molar-refractivity contribution in [2.75, 3.05) is 30.3 Å². The molecule has 0 spiro atoms. The number of nitrogen functional groups attached to an aromatic ring is 1. The van der Waals surface area contributed by atoms with Gasteiger partial charge in [-0.1, -0.05) is 0 Å². The molecule has 17 heavy (non-hydrogen) atoms. The first kappa shape index (κ1) is 12.2. The first-order valence-electron chi connectivity index (χ1n) is 6.12. The van der Waals surface area contributed by atoms with Crippen molar-refractivity contribution in [3.05, 3.63) is 24.0 Å². The zero-order chi connectivity index (χ0) is 12.3. The summed E-state index contributed by atoms with van der Waals surface area (Å²) in [7, 11) is 0. The molecule has 2 N–H and O–H groups in total. The van der Waals surface area contributed by atoms with E-state index in [4.69, 9.17) is 10.5 Å². The zero-order valence-electron chi connectivity index (χ0n) is 10.2. The summed E-state index contributed by atoms with van der Waals surface area (Å²) >= 11 is 0. The van der Waals surface area contributed by atoms with Crippen LogP contribution in [0.1, 0.15) is 19.8 Å².